The quantitative estimate of drug-likeness (QED) is 0.583. The fourth-order valence-corrected chi connectivity index (χ4v) is 2.32. The zero-order valence-electron chi connectivity index (χ0n) is 10.3. The lowest BCUT2D eigenvalue weighted by Gasteiger charge is -2.29. The molecule has 0 radical (unpaired) electrons. The van der Waals surface area contributed by atoms with Gasteiger partial charge in [0, 0.05) is 24.7 Å². The van der Waals surface area contributed by atoms with E-state index >= 15 is 0 Å². The van der Waals surface area contributed by atoms with Gasteiger partial charge >= 0.3 is 0 Å². The molecule has 6 nitrogen and oxygen atoms in total. The second kappa shape index (κ2) is 5.97. The lowest BCUT2D eigenvalue weighted by atomic mass is 9.83. The molecule has 100 valence electrons. The summed E-state index contributed by atoms with van der Waals surface area (Å²) in [5.74, 6) is -0.0198. The molecule has 0 spiro atoms. The molecular weight excluding hydrogens is 232 g/mol. The summed E-state index contributed by atoms with van der Waals surface area (Å²) < 4.78 is 0. The molecule has 1 fully saturated rings. The van der Waals surface area contributed by atoms with Gasteiger partial charge in [-0.25, -0.2) is 0 Å². The van der Waals surface area contributed by atoms with Crippen molar-refractivity contribution in [2.45, 2.75) is 37.8 Å². The number of nitrogens with zero attached hydrogens (tertiary/aromatic N) is 1. The number of carbonyl (C=O) groups excluding carboxylic acids is 1. The SMILES string of the molecule is N[C@@H]1C[C@@H](C(=O)NCCc2cn[nH]c2)CC[C@H]1O. The molecule has 0 saturated heterocycles. The second-order valence-corrected chi connectivity index (χ2v) is 4.89. The van der Waals surface area contributed by atoms with Gasteiger partial charge in [-0.1, -0.05) is 0 Å². The summed E-state index contributed by atoms with van der Waals surface area (Å²) in [6, 6.07) is -0.275. The number of rotatable bonds is 4. The molecule has 1 aliphatic carbocycles. The van der Waals surface area contributed by atoms with Crippen LogP contribution in [0.5, 0.6) is 0 Å². The fraction of sp³-hybridized carbons (Fsp3) is 0.667. The summed E-state index contributed by atoms with van der Waals surface area (Å²) in [6.45, 7) is 0.604. The molecule has 0 aromatic carbocycles. The Bertz CT molecular complexity index is 379. The molecule has 3 atom stereocenters. The Balaban J connectivity index is 1.71. The molecule has 0 bridgehead atoms. The van der Waals surface area contributed by atoms with Crippen molar-refractivity contribution in [1.82, 2.24) is 15.5 Å². The van der Waals surface area contributed by atoms with Crippen LogP contribution in [0.15, 0.2) is 12.4 Å². The number of aliphatic hydroxyl groups is 1. The maximum absolute atomic E-state index is 11.9. The van der Waals surface area contributed by atoms with Gasteiger partial charge in [-0.3, -0.25) is 9.89 Å². The van der Waals surface area contributed by atoms with Crippen LogP contribution in [0.3, 0.4) is 0 Å². The molecule has 1 aromatic heterocycles. The average Bonchev–Trinajstić information content (AvgIpc) is 2.85. The molecule has 18 heavy (non-hydrogen) atoms. The minimum atomic E-state index is -0.458. The number of hydrogen-bond donors (Lipinski definition) is 4. The van der Waals surface area contributed by atoms with E-state index in [4.69, 9.17) is 5.73 Å². The Hall–Kier alpha value is -1.40. The zero-order chi connectivity index (χ0) is 13.0. The van der Waals surface area contributed by atoms with Gasteiger partial charge in [0.15, 0.2) is 0 Å². The first-order valence-corrected chi connectivity index (χ1v) is 6.36. The van der Waals surface area contributed by atoms with Crippen molar-refractivity contribution in [2.24, 2.45) is 11.7 Å². The molecule has 0 aliphatic heterocycles. The van der Waals surface area contributed by atoms with Crippen LogP contribution < -0.4 is 11.1 Å². The van der Waals surface area contributed by atoms with Crippen molar-refractivity contribution in [1.29, 1.82) is 0 Å². The highest BCUT2D eigenvalue weighted by atomic mass is 16.3. The Kier molecular flexibility index (Phi) is 4.33. The van der Waals surface area contributed by atoms with Crippen LogP contribution in [-0.4, -0.2) is 39.9 Å². The first-order valence-electron chi connectivity index (χ1n) is 6.36. The number of amides is 1. The van der Waals surface area contributed by atoms with Crippen LogP contribution in [0.25, 0.3) is 0 Å². The summed E-state index contributed by atoms with van der Waals surface area (Å²) in [7, 11) is 0. The van der Waals surface area contributed by atoms with Crippen molar-refractivity contribution in [3.8, 4) is 0 Å². The van der Waals surface area contributed by atoms with E-state index in [-0.39, 0.29) is 17.9 Å². The summed E-state index contributed by atoms with van der Waals surface area (Å²) in [5.41, 5.74) is 6.84. The number of nitrogens with one attached hydrogen (secondary N) is 2. The van der Waals surface area contributed by atoms with E-state index in [1.54, 1.807) is 6.20 Å². The van der Waals surface area contributed by atoms with Crippen molar-refractivity contribution >= 4 is 5.91 Å². The molecule has 1 aromatic rings. The van der Waals surface area contributed by atoms with E-state index in [9.17, 15) is 9.90 Å². The van der Waals surface area contributed by atoms with E-state index in [0.29, 0.717) is 25.8 Å². The lowest BCUT2D eigenvalue weighted by Crippen LogP contribution is -2.45. The van der Waals surface area contributed by atoms with Crippen LogP contribution in [-0.2, 0) is 11.2 Å². The fourth-order valence-electron chi connectivity index (χ4n) is 2.32. The van der Waals surface area contributed by atoms with Crippen LogP contribution >= 0.6 is 0 Å². The first-order chi connectivity index (χ1) is 8.66. The Morgan fingerprint density at radius 2 is 2.44 bits per heavy atom. The van der Waals surface area contributed by atoms with Gasteiger partial charge in [-0.05, 0) is 31.2 Å². The molecule has 5 N–H and O–H groups in total. The van der Waals surface area contributed by atoms with Gasteiger partial charge in [-0.15, -0.1) is 0 Å². The van der Waals surface area contributed by atoms with Gasteiger partial charge in [0.2, 0.25) is 5.91 Å². The van der Waals surface area contributed by atoms with E-state index in [2.05, 4.69) is 15.5 Å². The van der Waals surface area contributed by atoms with Gasteiger partial charge in [0.05, 0.1) is 12.3 Å². The topological polar surface area (TPSA) is 104 Å². The molecule has 6 heteroatoms. The summed E-state index contributed by atoms with van der Waals surface area (Å²) in [5, 5.41) is 19.0. The predicted octanol–water partition coefficient (Wildman–Crippen LogP) is -0.443. The molecule has 1 amide bonds. The lowest BCUT2D eigenvalue weighted by molar-refractivity contribution is -0.126. The van der Waals surface area contributed by atoms with Crippen LogP contribution in [0.2, 0.25) is 0 Å². The second-order valence-electron chi connectivity index (χ2n) is 4.89. The third-order valence-electron chi connectivity index (χ3n) is 3.50. The van der Waals surface area contributed by atoms with E-state index < -0.39 is 6.10 Å². The van der Waals surface area contributed by atoms with Gasteiger partial charge in [0.1, 0.15) is 0 Å². The Morgan fingerprint density at radius 3 is 3.11 bits per heavy atom. The maximum Gasteiger partial charge on any atom is 0.223 e. The highest BCUT2D eigenvalue weighted by Crippen LogP contribution is 2.23. The van der Waals surface area contributed by atoms with Crippen LogP contribution in [0, 0.1) is 5.92 Å². The van der Waals surface area contributed by atoms with E-state index in [1.807, 2.05) is 6.20 Å². The number of carbonyl (C=O) groups is 1. The van der Waals surface area contributed by atoms with Crippen molar-refractivity contribution < 1.29 is 9.90 Å². The highest BCUT2D eigenvalue weighted by Gasteiger charge is 2.30. The third kappa shape index (κ3) is 3.30. The number of nitrogens with two attached hydrogens (primary N) is 1. The standard InChI is InChI=1S/C12H20N4O2/c13-10-5-9(1-2-11(10)17)12(18)14-4-3-8-6-15-16-7-8/h6-7,9-11,17H,1-5,13H2,(H,14,18)(H,15,16)/t9-,10+,11+/m0/s1. The monoisotopic (exact) mass is 252 g/mol. The van der Waals surface area contributed by atoms with E-state index in [1.165, 1.54) is 0 Å². The molecule has 1 saturated carbocycles. The van der Waals surface area contributed by atoms with Crippen LogP contribution in [0.4, 0.5) is 0 Å². The van der Waals surface area contributed by atoms with Crippen LogP contribution in [0.1, 0.15) is 24.8 Å². The molecule has 0 unspecified atom stereocenters. The maximum atomic E-state index is 11.9. The third-order valence-corrected chi connectivity index (χ3v) is 3.50. The summed E-state index contributed by atoms with van der Waals surface area (Å²) in [4.78, 5) is 11.9. The molecular formula is C12H20N4O2. The minimum Gasteiger partial charge on any atom is -0.392 e. The van der Waals surface area contributed by atoms with Gasteiger partial charge in [0.25, 0.3) is 0 Å². The number of aliphatic hydroxyl groups excluding tert-OH is 1. The first kappa shape index (κ1) is 13.0. The normalized spacial score (nSPS) is 28.0. The average molecular weight is 252 g/mol. The largest absolute Gasteiger partial charge is 0.392 e. The summed E-state index contributed by atoms with van der Waals surface area (Å²) >= 11 is 0. The summed E-state index contributed by atoms with van der Waals surface area (Å²) in [6.07, 6.45) is 5.77. The van der Waals surface area contributed by atoms with Crippen molar-refractivity contribution in [3.63, 3.8) is 0 Å². The molecule has 2 rings (SSSR count). The number of aromatic amines is 1. The number of aromatic nitrogens is 2. The van der Waals surface area contributed by atoms with E-state index in [0.717, 1.165) is 12.0 Å². The Labute approximate surface area is 106 Å². The van der Waals surface area contributed by atoms with Crippen molar-refractivity contribution in [2.75, 3.05) is 6.54 Å². The van der Waals surface area contributed by atoms with Gasteiger partial charge in [-0.2, -0.15) is 5.10 Å². The highest BCUT2D eigenvalue weighted by molar-refractivity contribution is 5.78. The zero-order valence-corrected chi connectivity index (χ0v) is 10.3. The number of H-pyrrole nitrogens is 1. The molecule has 1 aliphatic rings. The smallest absolute Gasteiger partial charge is 0.223 e. The Morgan fingerprint density at radius 1 is 1.61 bits per heavy atom. The molecule has 1 heterocycles. The van der Waals surface area contributed by atoms with Crippen molar-refractivity contribution in [3.05, 3.63) is 18.0 Å². The number of hydrogen-bond acceptors (Lipinski definition) is 4. The minimum absolute atomic E-state index is 0.0424. The predicted molar refractivity (Wildman–Crippen MR) is 66.6 cm³/mol. The van der Waals surface area contributed by atoms with Gasteiger partial charge < -0.3 is 16.2 Å².